The highest BCUT2D eigenvalue weighted by Gasteiger charge is 2.45. The topological polar surface area (TPSA) is 71.2 Å². The van der Waals surface area contributed by atoms with E-state index in [1.165, 1.54) is 0 Å². The molecule has 1 atom stereocenters. The molecule has 0 aliphatic carbocycles. The first-order chi connectivity index (χ1) is 9.20. The summed E-state index contributed by atoms with van der Waals surface area (Å²) in [5.74, 6) is 0.831. The van der Waals surface area contributed by atoms with Gasteiger partial charge >= 0.3 is 0 Å². The second-order valence-corrected chi connectivity index (χ2v) is 5.65. The molecule has 102 valence electrons. The highest BCUT2D eigenvalue weighted by atomic mass is 16.2. The first-order valence-electron chi connectivity index (χ1n) is 6.90. The van der Waals surface area contributed by atoms with Gasteiger partial charge in [-0.05, 0) is 31.9 Å². The molecule has 0 aromatic carbocycles. The molecule has 3 rings (SSSR count). The van der Waals surface area contributed by atoms with E-state index in [0.717, 1.165) is 51.0 Å². The summed E-state index contributed by atoms with van der Waals surface area (Å²) in [7, 11) is 0. The predicted octanol–water partition coefficient (Wildman–Crippen LogP) is 0.766. The van der Waals surface area contributed by atoms with Gasteiger partial charge in [0.25, 0.3) is 0 Å². The number of hydrogen-bond acceptors (Lipinski definition) is 4. The SMILES string of the molecule is Nc1ncccc1CN1CCC2(CCCNC2=O)C1. The smallest absolute Gasteiger partial charge is 0.227 e. The minimum atomic E-state index is -0.158. The van der Waals surface area contributed by atoms with Crippen LogP contribution in [0.1, 0.15) is 24.8 Å². The van der Waals surface area contributed by atoms with Gasteiger partial charge in [0.2, 0.25) is 5.91 Å². The Morgan fingerprint density at radius 1 is 1.47 bits per heavy atom. The van der Waals surface area contributed by atoms with Gasteiger partial charge in [-0.15, -0.1) is 0 Å². The van der Waals surface area contributed by atoms with E-state index in [1.54, 1.807) is 6.20 Å². The van der Waals surface area contributed by atoms with Crippen molar-refractivity contribution in [3.63, 3.8) is 0 Å². The van der Waals surface area contributed by atoms with Crippen molar-refractivity contribution < 1.29 is 4.79 Å². The van der Waals surface area contributed by atoms with Crippen LogP contribution in [0.4, 0.5) is 5.82 Å². The number of carbonyl (C=O) groups excluding carboxylic acids is 1. The maximum Gasteiger partial charge on any atom is 0.227 e. The molecule has 0 bridgehead atoms. The van der Waals surface area contributed by atoms with E-state index in [1.807, 2.05) is 12.1 Å². The van der Waals surface area contributed by atoms with E-state index in [2.05, 4.69) is 15.2 Å². The Balaban J connectivity index is 1.69. The zero-order valence-corrected chi connectivity index (χ0v) is 11.1. The van der Waals surface area contributed by atoms with E-state index in [9.17, 15) is 4.79 Å². The van der Waals surface area contributed by atoms with Crippen molar-refractivity contribution in [2.45, 2.75) is 25.8 Å². The lowest BCUT2D eigenvalue weighted by atomic mass is 9.79. The number of nitrogens with one attached hydrogen (secondary N) is 1. The number of nitrogens with zero attached hydrogens (tertiary/aromatic N) is 2. The fourth-order valence-corrected chi connectivity index (χ4v) is 3.24. The Labute approximate surface area is 113 Å². The van der Waals surface area contributed by atoms with Crippen LogP contribution in [0.5, 0.6) is 0 Å². The maximum atomic E-state index is 12.1. The molecule has 1 amide bonds. The fourth-order valence-electron chi connectivity index (χ4n) is 3.24. The third-order valence-electron chi connectivity index (χ3n) is 4.35. The summed E-state index contributed by atoms with van der Waals surface area (Å²) in [6, 6.07) is 3.92. The summed E-state index contributed by atoms with van der Waals surface area (Å²) in [6.07, 6.45) is 4.77. The normalized spacial score (nSPS) is 27.7. The lowest BCUT2D eigenvalue weighted by Crippen LogP contribution is -2.47. The number of likely N-dealkylation sites (tertiary alicyclic amines) is 1. The van der Waals surface area contributed by atoms with Crippen LogP contribution in [-0.4, -0.2) is 35.4 Å². The molecule has 3 heterocycles. The first-order valence-corrected chi connectivity index (χ1v) is 6.90. The lowest BCUT2D eigenvalue weighted by Gasteiger charge is -2.32. The zero-order valence-electron chi connectivity index (χ0n) is 11.1. The number of nitrogen functional groups attached to an aromatic ring is 1. The van der Waals surface area contributed by atoms with Crippen LogP contribution < -0.4 is 11.1 Å². The number of piperidine rings is 1. The minimum Gasteiger partial charge on any atom is -0.383 e. The molecule has 5 nitrogen and oxygen atoms in total. The second-order valence-electron chi connectivity index (χ2n) is 5.65. The molecule has 1 spiro atoms. The van der Waals surface area contributed by atoms with Crippen LogP contribution in [0.15, 0.2) is 18.3 Å². The molecule has 2 aliphatic rings. The summed E-state index contributed by atoms with van der Waals surface area (Å²) in [6.45, 7) is 3.42. The van der Waals surface area contributed by atoms with Crippen LogP contribution in [0.3, 0.4) is 0 Å². The number of nitrogens with two attached hydrogens (primary N) is 1. The molecule has 1 aromatic heterocycles. The molecule has 2 saturated heterocycles. The Morgan fingerprint density at radius 2 is 2.37 bits per heavy atom. The highest BCUT2D eigenvalue weighted by molar-refractivity contribution is 5.84. The van der Waals surface area contributed by atoms with Crippen molar-refractivity contribution in [2.75, 3.05) is 25.4 Å². The predicted molar refractivity (Wildman–Crippen MR) is 73.2 cm³/mol. The molecule has 1 unspecified atom stereocenters. The Morgan fingerprint density at radius 3 is 3.16 bits per heavy atom. The number of anilines is 1. The Bertz CT molecular complexity index is 490. The van der Waals surface area contributed by atoms with Crippen molar-refractivity contribution >= 4 is 11.7 Å². The van der Waals surface area contributed by atoms with Crippen LogP contribution in [0.2, 0.25) is 0 Å². The molecule has 0 radical (unpaired) electrons. The van der Waals surface area contributed by atoms with E-state index < -0.39 is 0 Å². The average Bonchev–Trinajstić information content (AvgIpc) is 2.81. The van der Waals surface area contributed by atoms with Crippen LogP contribution in [0, 0.1) is 5.41 Å². The summed E-state index contributed by atoms with van der Waals surface area (Å²) < 4.78 is 0. The quantitative estimate of drug-likeness (QED) is 0.824. The van der Waals surface area contributed by atoms with Crippen molar-refractivity contribution in [3.05, 3.63) is 23.9 Å². The summed E-state index contributed by atoms with van der Waals surface area (Å²) >= 11 is 0. The van der Waals surface area contributed by atoms with E-state index in [0.29, 0.717) is 5.82 Å². The zero-order chi connectivity index (χ0) is 13.3. The number of pyridine rings is 1. The van der Waals surface area contributed by atoms with Gasteiger partial charge in [-0.1, -0.05) is 6.07 Å². The Kier molecular flexibility index (Phi) is 3.14. The van der Waals surface area contributed by atoms with Gasteiger partial charge in [0.15, 0.2) is 0 Å². The van der Waals surface area contributed by atoms with Gasteiger partial charge in [0.1, 0.15) is 5.82 Å². The monoisotopic (exact) mass is 260 g/mol. The molecule has 1 aromatic rings. The van der Waals surface area contributed by atoms with Gasteiger partial charge in [-0.2, -0.15) is 0 Å². The van der Waals surface area contributed by atoms with Gasteiger partial charge in [-0.3, -0.25) is 9.69 Å². The molecule has 3 N–H and O–H groups in total. The highest BCUT2D eigenvalue weighted by Crippen LogP contribution is 2.38. The summed E-state index contributed by atoms with van der Waals surface area (Å²) in [5.41, 5.74) is 6.77. The van der Waals surface area contributed by atoms with Gasteiger partial charge in [-0.25, -0.2) is 4.98 Å². The molecule has 2 fully saturated rings. The number of hydrogen-bond donors (Lipinski definition) is 2. The van der Waals surface area contributed by atoms with Crippen molar-refractivity contribution in [1.82, 2.24) is 15.2 Å². The summed E-state index contributed by atoms with van der Waals surface area (Å²) in [4.78, 5) is 18.5. The fraction of sp³-hybridized carbons (Fsp3) is 0.571. The minimum absolute atomic E-state index is 0.158. The molecular weight excluding hydrogens is 240 g/mol. The third kappa shape index (κ3) is 2.30. The molecule has 2 aliphatic heterocycles. The molecule has 0 saturated carbocycles. The standard InChI is InChI=1S/C14H20N4O/c15-12-11(3-1-6-16-12)9-18-8-5-14(10-18)4-2-7-17-13(14)19/h1,3,6H,2,4-5,7-10H2,(H2,15,16)(H,17,19). The summed E-state index contributed by atoms with van der Waals surface area (Å²) in [5, 5.41) is 3.01. The van der Waals surface area contributed by atoms with Gasteiger partial charge in [0, 0.05) is 31.4 Å². The Hall–Kier alpha value is -1.62. The van der Waals surface area contributed by atoms with E-state index >= 15 is 0 Å². The number of amides is 1. The van der Waals surface area contributed by atoms with E-state index in [-0.39, 0.29) is 11.3 Å². The maximum absolute atomic E-state index is 12.1. The second kappa shape index (κ2) is 4.81. The molecular formula is C14H20N4O. The van der Waals surface area contributed by atoms with Crippen molar-refractivity contribution in [1.29, 1.82) is 0 Å². The average molecular weight is 260 g/mol. The third-order valence-corrected chi connectivity index (χ3v) is 4.35. The first kappa shape index (κ1) is 12.4. The van der Waals surface area contributed by atoms with E-state index in [4.69, 9.17) is 5.73 Å². The van der Waals surface area contributed by atoms with Crippen molar-refractivity contribution in [2.24, 2.45) is 5.41 Å². The van der Waals surface area contributed by atoms with Crippen molar-refractivity contribution in [3.8, 4) is 0 Å². The van der Waals surface area contributed by atoms with Gasteiger partial charge < -0.3 is 11.1 Å². The molecule has 19 heavy (non-hydrogen) atoms. The largest absolute Gasteiger partial charge is 0.383 e. The van der Waals surface area contributed by atoms with Crippen LogP contribution in [0.25, 0.3) is 0 Å². The van der Waals surface area contributed by atoms with Gasteiger partial charge in [0.05, 0.1) is 5.41 Å². The molecule has 5 heteroatoms. The number of carbonyl (C=O) groups is 1. The number of rotatable bonds is 2. The lowest BCUT2D eigenvalue weighted by molar-refractivity contribution is -0.132. The van der Waals surface area contributed by atoms with Crippen LogP contribution in [-0.2, 0) is 11.3 Å². The number of aromatic nitrogens is 1. The van der Waals surface area contributed by atoms with Crippen LogP contribution >= 0.6 is 0 Å².